The van der Waals surface area contributed by atoms with E-state index in [0.29, 0.717) is 5.46 Å². The van der Waals surface area contributed by atoms with Crippen LogP contribution < -0.4 is 5.46 Å². The standard InChI is InChI=1S/C12H12BNO2/c1-9-4-2-3-5-12(9)10-6-11(13(15)16)8-14-7-10/h2-8,15-16H,1H3. The quantitative estimate of drug-likeness (QED) is 0.723. The summed E-state index contributed by atoms with van der Waals surface area (Å²) in [6.45, 7) is 2.01. The lowest BCUT2D eigenvalue weighted by Gasteiger charge is -2.06. The predicted octanol–water partition coefficient (Wildman–Crippen LogP) is 0.737. The van der Waals surface area contributed by atoms with Crippen LogP contribution in [-0.2, 0) is 0 Å². The van der Waals surface area contributed by atoms with Crippen molar-refractivity contribution in [2.45, 2.75) is 6.92 Å². The first-order chi connectivity index (χ1) is 7.68. The van der Waals surface area contributed by atoms with Crippen molar-refractivity contribution in [3.8, 4) is 11.1 Å². The average Bonchev–Trinajstić information content (AvgIpc) is 2.30. The predicted molar refractivity (Wildman–Crippen MR) is 64.2 cm³/mol. The van der Waals surface area contributed by atoms with Crippen LogP contribution in [0.25, 0.3) is 11.1 Å². The Hall–Kier alpha value is -1.65. The second-order valence-electron chi connectivity index (χ2n) is 3.70. The molecule has 0 radical (unpaired) electrons. The Morgan fingerprint density at radius 2 is 1.88 bits per heavy atom. The molecule has 0 aliphatic carbocycles. The van der Waals surface area contributed by atoms with Crippen LogP contribution in [0, 0.1) is 6.92 Å². The summed E-state index contributed by atoms with van der Waals surface area (Å²) in [4.78, 5) is 4.00. The highest BCUT2D eigenvalue weighted by atomic mass is 16.4. The fraction of sp³-hybridized carbons (Fsp3) is 0.0833. The first-order valence-corrected chi connectivity index (χ1v) is 5.05. The highest BCUT2D eigenvalue weighted by molar-refractivity contribution is 6.58. The van der Waals surface area contributed by atoms with E-state index in [0.717, 1.165) is 16.7 Å². The molecule has 80 valence electrons. The van der Waals surface area contributed by atoms with Crippen LogP contribution in [0.4, 0.5) is 0 Å². The average molecular weight is 213 g/mol. The van der Waals surface area contributed by atoms with Gasteiger partial charge in [-0.3, -0.25) is 4.98 Å². The second kappa shape index (κ2) is 4.47. The molecule has 1 aromatic heterocycles. The lowest BCUT2D eigenvalue weighted by atomic mass is 9.80. The number of aryl methyl sites for hydroxylation is 1. The summed E-state index contributed by atoms with van der Waals surface area (Å²) in [6.07, 6.45) is 3.17. The summed E-state index contributed by atoms with van der Waals surface area (Å²) >= 11 is 0. The Balaban J connectivity index is 2.49. The van der Waals surface area contributed by atoms with E-state index in [1.54, 1.807) is 12.3 Å². The fourth-order valence-electron chi connectivity index (χ4n) is 1.64. The first kappa shape index (κ1) is 10.9. The zero-order valence-corrected chi connectivity index (χ0v) is 8.96. The Kier molecular flexibility index (Phi) is 3.03. The van der Waals surface area contributed by atoms with E-state index in [9.17, 15) is 0 Å². The van der Waals surface area contributed by atoms with Crippen LogP contribution in [0.5, 0.6) is 0 Å². The topological polar surface area (TPSA) is 53.4 Å². The van der Waals surface area contributed by atoms with Gasteiger partial charge in [0.1, 0.15) is 0 Å². The molecular formula is C12H12BNO2. The minimum atomic E-state index is -1.48. The molecular weight excluding hydrogens is 201 g/mol. The molecule has 0 fully saturated rings. The van der Waals surface area contributed by atoms with Crippen molar-refractivity contribution < 1.29 is 10.0 Å². The summed E-state index contributed by atoms with van der Waals surface area (Å²) in [6, 6.07) is 9.65. The van der Waals surface area contributed by atoms with Gasteiger partial charge in [0.05, 0.1) is 0 Å². The van der Waals surface area contributed by atoms with Crippen molar-refractivity contribution in [2.24, 2.45) is 0 Å². The van der Waals surface area contributed by atoms with Gasteiger partial charge in [0.2, 0.25) is 0 Å². The lowest BCUT2D eigenvalue weighted by Crippen LogP contribution is -2.30. The van der Waals surface area contributed by atoms with Crippen LogP contribution in [-0.4, -0.2) is 22.2 Å². The molecule has 0 aliphatic heterocycles. The Labute approximate surface area is 94.6 Å². The van der Waals surface area contributed by atoms with Gasteiger partial charge in [-0.1, -0.05) is 30.3 Å². The van der Waals surface area contributed by atoms with Gasteiger partial charge < -0.3 is 10.0 Å². The van der Waals surface area contributed by atoms with Crippen LogP contribution >= 0.6 is 0 Å². The zero-order valence-electron chi connectivity index (χ0n) is 8.96. The van der Waals surface area contributed by atoms with Crippen molar-refractivity contribution in [1.82, 2.24) is 4.98 Å². The summed E-state index contributed by atoms with van der Waals surface area (Å²) in [5.74, 6) is 0. The van der Waals surface area contributed by atoms with E-state index in [2.05, 4.69) is 4.98 Å². The molecule has 0 saturated heterocycles. The second-order valence-corrected chi connectivity index (χ2v) is 3.70. The molecule has 0 spiro atoms. The van der Waals surface area contributed by atoms with Gasteiger partial charge in [-0.25, -0.2) is 0 Å². The number of hydrogen-bond acceptors (Lipinski definition) is 3. The van der Waals surface area contributed by atoms with Crippen molar-refractivity contribution in [2.75, 3.05) is 0 Å². The van der Waals surface area contributed by atoms with Crippen molar-refractivity contribution >= 4 is 12.6 Å². The molecule has 4 heteroatoms. The van der Waals surface area contributed by atoms with Crippen LogP contribution in [0.2, 0.25) is 0 Å². The molecule has 0 unspecified atom stereocenters. The van der Waals surface area contributed by atoms with Gasteiger partial charge in [-0.15, -0.1) is 0 Å². The molecule has 2 aromatic rings. The van der Waals surface area contributed by atoms with Crippen molar-refractivity contribution in [1.29, 1.82) is 0 Å². The maximum Gasteiger partial charge on any atom is 0.490 e. The highest BCUT2D eigenvalue weighted by Crippen LogP contribution is 2.20. The Bertz CT molecular complexity index is 500. The molecule has 16 heavy (non-hydrogen) atoms. The molecule has 2 rings (SSSR count). The zero-order chi connectivity index (χ0) is 11.5. The number of nitrogens with zero attached hydrogens (tertiary/aromatic N) is 1. The number of pyridine rings is 1. The molecule has 0 atom stereocenters. The number of benzene rings is 1. The van der Waals surface area contributed by atoms with Crippen LogP contribution in [0.15, 0.2) is 42.7 Å². The minimum Gasteiger partial charge on any atom is -0.423 e. The fourth-order valence-corrected chi connectivity index (χ4v) is 1.64. The van der Waals surface area contributed by atoms with Gasteiger partial charge in [0.25, 0.3) is 0 Å². The first-order valence-electron chi connectivity index (χ1n) is 5.05. The van der Waals surface area contributed by atoms with Crippen LogP contribution in [0.1, 0.15) is 5.56 Å². The van der Waals surface area contributed by atoms with Gasteiger partial charge >= 0.3 is 7.12 Å². The molecule has 0 saturated carbocycles. The SMILES string of the molecule is Cc1ccccc1-c1cncc(B(O)O)c1. The third-order valence-electron chi connectivity index (χ3n) is 2.51. The number of hydrogen-bond donors (Lipinski definition) is 2. The van der Waals surface area contributed by atoms with Gasteiger partial charge in [0, 0.05) is 17.9 Å². The third-order valence-corrected chi connectivity index (χ3v) is 2.51. The van der Waals surface area contributed by atoms with E-state index in [1.807, 2.05) is 31.2 Å². The van der Waals surface area contributed by atoms with Gasteiger partial charge in [-0.05, 0) is 23.6 Å². The maximum absolute atomic E-state index is 9.08. The monoisotopic (exact) mass is 213 g/mol. The molecule has 2 N–H and O–H groups in total. The molecule has 1 aromatic carbocycles. The summed E-state index contributed by atoms with van der Waals surface area (Å²) in [5, 5.41) is 18.2. The van der Waals surface area contributed by atoms with Crippen molar-refractivity contribution in [3.63, 3.8) is 0 Å². The van der Waals surface area contributed by atoms with Gasteiger partial charge in [-0.2, -0.15) is 0 Å². The van der Waals surface area contributed by atoms with Crippen LogP contribution in [0.3, 0.4) is 0 Å². The normalized spacial score (nSPS) is 10.2. The Morgan fingerprint density at radius 1 is 1.12 bits per heavy atom. The highest BCUT2D eigenvalue weighted by Gasteiger charge is 2.12. The van der Waals surface area contributed by atoms with Gasteiger partial charge in [0.15, 0.2) is 0 Å². The molecule has 0 amide bonds. The lowest BCUT2D eigenvalue weighted by molar-refractivity contribution is 0.425. The number of rotatable bonds is 2. The molecule has 3 nitrogen and oxygen atoms in total. The number of aromatic nitrogens is 1. The molecule has 0 aliphatic rings. The van der Waals surface area contributed by atoms with E-state index in [1.165, 1.54) is 6.20 Å². The van der Waals surface area contributed by atoms with Crippen molar-refractivity contribution in [3.05, 3.63) is 48.3 Å². The maximum atomic E-state index is 9.08. The summed E-state index contributed by atoms with van der Waals surface area (Å²) in [7, 11) is -1.48. The molecule has 0 bridgehead atoms. The third kappa shape index (κ3) is 2.13. The summed E-state index contributed by atoms with van der Waals surface area (Å²) in [5.41, 5.74) is 3.48. The molecule has 1 heterocycles. The summed E-state index contributed by atoms with van der Waals surface area (Å²) < 4.78 is 0. The van der Waals surface area contributed by atoms with E-state index >= 15 is 0 Å². The smallest absolute Gasteiger partial charge is 0.423 e. The van der Waals surface area contributed by atoms with E-state index < -0.39 is 7.12 Å². The van der Waals surface area contributed by atoms with E-state index in [4.69, 9.17) is 10.0 Å². The minimum absolute atomic E-state index is 0.403. The largest absolute Gasteiger partial charge is 0.490 e. The van der Waals surface area contributed by atoms with E-state index in [-0.39, 0.29) is 0 Å². The Morgan fingerprint density at radius 3 is 2.56 bits per heavy atom.